The van der Waals surface area contributed by atoms with E-state index in [2.05, 4.69) is 66.7 Å². The molecule has 3 rings (SSSR count). The number of hydrogen-bond acceptors (Lipinski definition) is 5. The van der Waals surface area contributed by atoms with Crippen molar-refractivity contribution in [2.75, 3.05) is 26.3 Å². The Morgan fingerprint density at radius 3 is 2.09 bits per heavy atom. The summed E-state index contributed by atoms with van der Waals surface area (Å²) >= 11 is 1.63. The van der Waals surface area contributed by atoms with Gasteiger partial charge in [-0.1, -0.05) is 48.4 Å². The topological polar surface area (TPSA) is 36.0 Å². The van der Waals surface area contributed by atoms with Gasteiger partial charge in [0.1, 0.15) is 0 Å². The Balaban J connectivity index is 1.96. The molecule has 32 heavy (non-hydrogen) atoms. The summed E-state index contributed by atoms with van der Waals surface area (Å²) in [4.78, 5) is 13.9. The van der Waals surface area contributed by atoms with Crippen molar-refractivity contribution in [3.8, 4) is 0 Å². The molecule has 2 aromatic rings. The lowest BCUT2D eigenvalue weighted by Gasteiger charge is -2.44. The number of nitrogens with zero attached hydrogens (tertiary/aromatic N) is 3. The van der Waals surface area contributed by atoms with E-state index in [1.54, 1.807) is 12.1 Å². The summed E-state index contributed by atoms with van der Waals surface area (Å²) in [6, 6.07) is 14.8. The molecule has 6 heteroatoms. The predicted molar refractivity (Wildman–Crippen MR) is 133 cm³/mol. The molecule has 2 aromatic carbocycles. The molecule has 0 bridgehead atoms. The minimum Gasteiger partial charge on any atom is -0.379 e. The van der Waals surface area contributed by atoms with Crippen molar-refractivity contribution in [1.29, 1.82) is 0 Å². The molecular weight excluding hydrogens is 418 g/mol. The van der Waals surface area contributed by atoms with Gasteiger partial charge in [-0.15, -0.1) is 4.41 Å². The van der Waals surface area contributed by atoms with E-state index in [1.807, 2.05) is 31.0 Å². The van der Waals surface area contributed by atoms with Crippen molar-refractivity contribution in [2.24, 2.45) is 0 Å². The maximum Gasteiger partial charge on any atom is 0.269 e. The first kappa shape index (κ1) is 24.8. The number of carbonyl (C=O) groups is 1. The van der Waals surface area contributed by atoms with E-state index < -0.39 is 5.54 Å². The smallest absolute Gasteiger partial charge is 0.269 e. The number of benzene rings is 2. The Hall–Kier alpha value is -1.86. The highest BCUT2D eigenvalue weighted by Crippen LogP contribution is 2.30. The molecule has 0 unspecified atom stereocenters. The van der Waals surface area contributed by atoms with Gasteiger partial charge in [0.15, 0.2) is 0 Å². The zero-order chi connectivity index (χ0) is 23.3. The van der Waals surface area contributed by atoms with Crippen LogP contribution in [0.25, 0.3) is 0 Å². The number of hydrazine groups is 1. The van der Waals surface area contributed by atoms with Crippen LogP contribution in [0.15, 0.2) is 42.5 Å². The molecule has 0 radical (unpaired) electrons. The van der Waals surface area contributed by atoms with Crippen molar-refractivity contribution in [2.45, 2.75) is 60.0 Å². The van der Waals surface area contributed by atoms with Crippen LogP contribution in [0.2, 0.25) is 0 Å². The molecule has 1 fully saturated rings. The Kier molecular flexibility index (Phi) is 8.39. The summed E-state index contributed by atoms with van der Waals surface area (Å²) in [5.74, 6) is 0.0234. The maximum atomic E-state index is 13.9. The van der Waals surface area contributed by atoms with Crippen LogP contribution in [0.4, 0.5) is 0 Å². The van der Waals surface area contributed by atoms with Crippen LogP contribution in [0.5, 0.6) is 0 Å². The van der Waals surface area contributed by atoms with Gasteiger partial charge in [-0.3, -0.25) is 9.80 Å². The molecule has 1 aliphatic heterocycles. The molecule has 1 heterocycles. The quantitative estimate of drug-likeness (QED) is 0.412. The minimum atomic E-state index is -0.391. The normalized spacial score (nSPS) is 15.2. The van der Waals surface area contributed by atoms with Crippen molar-refractivity contribution in [1.82, 2.24) is 13.7 Å². The monoisotopic (exact) mass is 455 g/mol. The van der Waals surface area contributed by atoms with Gasteiger partial charge in [-0.2, -0.15) is 0 Å². The second-order valence-corrected chi connectivity index (χ2v) is 10.6. The van der Waals surface area contributed by atoms with Crippen LogP contribution in [0, 0.1) is 13.8 Å². The third-order valence-corrected chi connectivity index (χ3v) is 6.53. The lowest BCUT2D eigenvalue weighted by molar-refractivity contribution is -0.0106. The van der Waals surface area contributed by atoms with Crippen molar-refractivity contribution < 1.29 is 9.53 Å². The molecule has 1 saturated heterocycles. The van der Waals surface area contributed by atoms with Gasteiger partial charge in [0.25, 0.3) is 5.91 Å². The highest BCUT2D eigenvalue weighted by Gasteiger charge is 2.35. The average Bonchev–Trinajstić information content (AvgIpc) is 2.73. The zero-order valence-corrected chi connectivity index (χ0v) is 21.2. The Morgan fingerprint density at radius 1 is 1.00 bits per heavy atom. The van der Waals surface area contributed by atoms with Crippen LogP contribution in [-0.2, 0) is 17.7 Å². The molecule has 0 aliphatic carbocycles. The third kappa shape index (κ3) is 6.58. The first-order valence-corrected chi connectivity index (χ1v) is 12.2. The van der Waals surface area contributed by atoms with Gasteiger partial charge in [0.2, 0.25) is 0 Å². The van der Waals surface area contributed by atoms with Crippen LogP contribution in [0.3, 0.4) is 0 Å². The molecule has 0 N–H and O–H groups in total. The molecule has 0 saturated carbocycles. The second-order valence-electron chi connectivity index (χ2n) is 9.47. The molecule has 0 atom stereocenters. The van der Waals surface area contributed by atoms with Gasteiger partial charge >= 0.3 is 0 Å². The van der Waals surface area contributed by atoms with E-state index in [9.17, 15) is 4.79 Å². The number of carbonyl (C=O) groups excluding carboxylic acids is 1. The lowest BCUT2D eigenvalue weighted by atomic mass is 10.0. The Labute approximate surface area is 198 Å². The summed E-state index contributed by atoms with van der Waals surface area (Å²) < 4.78 is 9.96. The number of morpholine rings is 1. The number of hydrogen-bond donors (Lipinski definition) is 0. The summed E-state index contributed by atoms with van der Waals surface area (Å²) in [7, 11) is 0. The van der Waals surface area contributed by atoms with Gasteiger partial charge in [0.05, 0.1) is 25.3 Å². The largest absolute Gasteiger partial charge is 0.379 e. The number of rotatable bonds is 7. The van der Waals surface area contributed by atoms with Gasteiger partial charge in [0, 0.05) is 30.8 Å². The summed E-state index contributed by atoms with van der Waals surface area (Å²) in [5.41, 5.74) is 5.04. The number of amides is 1. The van der Waals surface area contributed by atoms with E-state index >= 15 is 0 Å². The van der Waals surface area contributed by atoms with Crippen LogP contribution in [-0.4, -0.2) is 51.5 Å². The molecule has 0 aromatic heterocycles. The lowest BCUT2D eigenvalue weighted by Crippen LogP contribution is -2.54. The SMILES string of the molecule is CCc1ccc(CN(SN2CCOCC2)N(C(=O)c2cc(C)cc(C)c2)C(C)(C)C)cc1. The minimum absolute atomic E-state index is 0.0234. The van der Waals surface area contributed by atoms with E-state index in [4.69, 9.17) is 4.74 Å². The number of aryl methyl sites for hydroxylation is 3. The second kappa shape index (κ2) is 10.8. The summed E-state index contributed by atoms with van der Waals surface area (Å²) in [6.45, 7) is 16.3. The van der Waals surface area contributed by atoms with E-state index in [1.165, 1.54) is 11.1 Å². The molecule has 0 spiro atoms. The van der Waals surface area contributed by atoms with Crippen LogP contribution < -0.4 is 0 Å². The highest BCUT2D eigenvalue weighted by molar-refractivity contribution is 7.94. The van der Waals surface area contributed by atoms with Crippen LogP contribution >= 0.6 is 12.1 Å². The fraction of sp³-hybridized carbons (Fsp3) is 0.500. The van der Waals surface area contributed by atoms with Gasteiger partial charge < -0.3 is 4.74 Å². The summed E-state index contributed by atoms with van der Waals surface area (Å²) in [5, 5.41) is 1.93. The fourth-order valence-corrected chi connectivity index (χ4v) is 5.07. The molecule has 5 nitrogen and oxygen atoms in total. The molecule has 174 valence electrons. The molecular formula is C26H37N3O2S. The van der Waals surface area contributed by atoms with Gasteiger partial charge in [-0.25, -0.2) is 4.31 Å². The van der Waals surface area contributed by atoms with Crippen LogP contribution in [0.1, 0.15) is 60.3 Å². The number of ether oxygens (including phenoxy) is 1. The summed E-state index contributed by atoms with van der Waals surface area (Å²) in [6.07, 6.45) is 1.02. The highest BCUT2D eigenvalue weighted by atomic mass is 32.2. The van der Waals surface area contributed by atoms with Crippen molar-refractivity contribution in [3.05, 3.63) is 70.3 Å². The molecule has 1 aliphatic rings. The van der Waals surface area contributed by atoms with Crippen molar-refractivity contribution >= 4 is 18.0 Å². The average molecular weight is 456 g/mol. The first-order chi connectivity index (χ1) is 15.2. The van der Waals surface area contributed by atoms with E-state index in [-0.39, 0.29) is 5.91 Å². The Bertz CT molecular complexity index is 882. The van der Waals surface area contributed by atoms with Crippen molar-refractivity contribution in [3.63, 3.8) is 0 Å². The third-order valence-electron chi connectivity index (χ3n) is 5.45. The fourth-order valence-electron chi connectivity index (χ4n) is 3.90. The van der Waals surface area contributed by atoms with Gasteiger partial charge in [-0.05, 0) is 64.3 Å². The Morgan fingerprint density at radius 2 is 1.56 bits per heavy atom. The van der Waals surface area contributed by atoms with E-state index in [0.29, 0.717) is 19.8 Å². The van der Waals surface area contributed by atoms with E-state index in [0.717, 1.165) is 36.2 Å². The zero-order valence-electron chi connectivity index (χ0n) is 20.4. The maximum absolute atomic E-state index is 13.9. The predicted octanol–water partition coefficient (Wildman–Crippen LogP) is 5.42. The first-order valence-electron chi connectivity index (χ1n) is 11.5. The molecule has 1 amide bonds. The standard InChI is InChI=1S/C26H37N3O2S/c1-7-22-8-10-23(11-9-22)19-28(32-27-12-14-31-15-13-27)29(26(4,5)6)25(30)24-17-20(2)16-21(3)18-24/h8-11,16-18H,7,12-15,19H2,1-6H3.